The minimum atomic E-state index is -1.31. The van der Waals surface area contributed by atoms with E-state index in [0.717, 1.165) is 31.7 Å². The smallest absolute Gasteiger partial charge is 0.341 e. The molecule has 3 nitrogen and oxygen atoms in total. The van der Waals surface area contributed by atoms with Gasteiger partial charge < -0.3 is 9.47 Å². The van der Waals surface area contributed by atoms with Crippen LogP contribution in [0.3, 0.4) is 0 Å². The van der Waals surface area contributed by atoms with Crippen molar-refractivity contribution in [2.75, 3.05) is 6.61 Å². The van der Waals surface area contributed by atoms with Gasteiger partial charge in [-0.3, -0.25) is 0 Å². The van der Waals surface area contributed by atoms with Crippen LogP contribution in [0, 0.1) is 29.2 Å². The van der Waals surface area contributed by atoms with E-state index < -0.39 is 40.9 Å². The van der Waals surface area contributed by atoms with Crippen LogP contribution in [0.25, 0.3) is 0 Å². The van der Waals surface area contributed by atoms with Gasteiger partial charge in [0.05, 0.1) is 12.2 Å². The van der Waals surface area contributed by atoms with E-state index in [0.29, 0.717) is 42.7 Å². The van der Waals surface area contributed by atoms with Gasteiger partial charge in [0.25, 0.3) is 0 Å². The number of benzene rings is 2. The van der Waals surface area contributed by atoms with E-state index in [4.69, 9.17) is 9.47 Å². The van der Waals surface area contributed by atoms with Gasteiger partial charge in [-0.15, -0.1) is 0 Å². The number of hydrogen-bond acceptors (Lipinski definition) is 3. The minimum Gasteiger partial charge on any atom is -0.491 e. The van der Waals surface area contributed by atoms with Crippen LogP contribution in [-0.4, -0.2) is 18.7 Å². The molecule has 0 radical (unpaired) electrons. The number of carbonyl (C=O) groups excluding carboxylic acids is 1. The number of hydrogen-bond donors (Lipinski definition) is 0. The Kier molecular flexibility index (Phi) is 8.93. The number of esters is 1. The molecule has 0 N–H and O–H groups in total. The first kappa shape index (κ1) is 27.2. The highest BCUT2D eigenvalue weighted by molar-refractivity contribution is 5.90. The van der Waals surface area contributed by atoms with Gasteiger partial charge in [0.15, 0.2) is 23.2 Å². The Bertz CT molecular complexity index is 1130. The second kappa shape index (κ2) is 12.1. The summed E-state index contributed by atoms with van der Waals surface area (Å²) in [5.74, 6) is -4.91. The average molecular weight is 519 g/mol. The molecule has 0 bridgehead atoms. The van der Waals surface area contributed by atoms with E-state index in [-0.39, 0.29) is 24.2 Å². The monoisotopic (exact) mass is 518 g/mol. The summed E-state index contributed by atoms with van der Waals surface area (Å²) in [6.45, 7) is 3.80. The normalized spacial score (nSPS) is 24.3. The van der Waals surface area contributed by atoms with Crippen molar-refractivity contribution in [3.05, 3.63) is 76.4 Å². The molecule has 200 valence electrons. The summed E-state index contributed by atoms with van der Waals surface area (Å²) in [6.07, 6.45) is 9.25. The standard InChI is InChI=1S/C30H34F4O3/c1-3-5-18-6-8-19(9-7-18)22-14-15-23(27(32)26(22)31)20-10-12-21(13-11-20)37-30(35)24-16-17-25(36-4-2)29(34)28(24)33/h3,5,14-21H,4,6-13H2,1-2H3/b5-3+. The van der Waals surface area contributed by atoms with Crippen molar-refractivity contribution in [2.24, 2.45) is 5.92 Å². The van der Waals surface area contributed by atoms with Crippen LogP contribution < -0.4 is 4.74 Å². The van der Waals surface area contributed by atoms with Gasteiger partial charge in [-0.2, -0.15) is 4.39 Å². The van der Waals surface area contributed by atoms with Crippen molar-refractivity contribution >= 4 is 5.97 Å². The Morgan fingerprint density at radius 2 is 1.38 bits per heavy atom. The van der Waals surface area contributed by atoms with E-state index in [2.05, 4.69) is 6.08 Å². The maximum atomic E-state index is 15.1. The minimum absolute atomic E-state index is 0.0352. The molecule has 2 saturated carbocycles. The molecule has 0 saturated heterocycles. The molecule has 2 aromatic carbocycles. The molecule has 37 heavy (non-hydrogen) atoms. The average Bonchev–Trinajstić information content (AvgIpc) is 2.90. The Balaban J connectivity index is 1.36. The summed E-state index contributed by atoms with van der Waals surface area (Å²) in [7, 11) is 0. The molecule has 0 atom stereocenters. The molecular formula is C30H34F4O3. The Hall–Kier alpha value is -2.83. The van der Waals surface area contributed by atoms with Crippen LogP contribution in [0.4, 0.5) is 17.6 Å². The third-order valence-corrected chi connectivity index (χ3v) is 7.77. The molecule has 0 heterocycles. The third kappa shape index (κ3) is 6.02. The fourth-order valence-corrected chi connectivity index (χ4v) is 5.77. The van der Waals surface area contributed by atoms with Crippen molar-refractivity contribution < 1.29 is 31.8 Å². The molecule has 0 aromatic heterocycles. The fraction of sp³-hybridized carbons (Fsp3) is 0.500. The zero-order chi connectivity index (χ0) is 26.5. The molecule has 0 amide bonds. The van der Waals surface area contributed by atoms with Gasteiger partial charge in [0.2, 0.25) is 5.82 Å². The van der Waals surface area contributed by atoms with Crippen molar-refractivity contribution in [3.8, 4) is 5.75 Å². The fourth-order valence-electron chi connectivity index (χ4n) is 5.77. The largest absolute Gasteiger partial charge is 0.491 e. The second-order valence-corrected chi connectivity index (χ2v) is 10.1. The number of allylic oxidation sites excluding steroid dienone is 2. The predicted molar refractivity (Wildman–Crippen MR) is 134 cm³/mol. The molecule has 2 aromatic rings. The van der Waals surface area contributed by atoms with Crippen LogP contribution in [0.15, 0.2) is 36.4 Å². The molecule has 2 fully saturated rings. The van der Waals surface area contributed by atoms with E-state index in [1.165, 1.54) is 6.07 Å². The summed E-state index contributed by atoms with van der Waals surface area (Å²) in [5.41, 5.74) is 0.326. The maximum absolute atomic E-state index is 15.1. The third-order valence-electron chi connectivity index (χ3n) is 7.77. The first-order chi connectivity index (χ1) is 17.8. The second-order valence-electron chi connectivity index (χ2n) is 10.1. The molecule has 2 aliphatic carbocycles. The van der Waals surface area contributed by atoms with Crippen LogP contribution in [0.2, 0.25) is 0 Å². The Morgan fingerprint density at radius 1 is 0.811 bits per heavy atom. The highest BCUT2D eigenvalue weighted by Crippen LogP contribution is 2.41. The van der Waals surface area contributed by atoms with Gasteiger partial charge >= 0.3 is 5.97 Å². The van der Waals surface area contributed by atoms with Gasteiger partial charge in [0, 0.05) is 0 Å². The highest BCUT2D eigenvalue weighted by Gasteiger charge is 2.31. The number of ether oxygens (including phenoxy) is 2. The zero-order valence-corrected chi connectivity index (χ0v) is 21.4. The molecule has 0 unspecified atom stereocenters. The van der Waals surface area contributed by atoms with Crippen molar-refractivity contribution in [1.29, 1.82) is 0 Å². The molecular weight excluding hydrogens is 484 g/mol. The summed E-state index contributed by atoms with van der Waals surface area (Å²) in [4.78, 5) is 12.5. The Labute approximate surface area is 215 Å². The number of rotatable bonds is 7. The lowest BCUT2D eigenvalue weighted by Gasteiger charge is -2.30. The zero-order valence-electron chi connectivity index (χ0n) is 21.4. The first-order valence-corrected chi connectivity index (χ1v) is 13.3. The summed E-state index contributed by atoms with van der Waals surface area (Å²) in [6, 6.07) is 5.79. The van der Waals surface area contributed by atoms with Gasteiger partial charge in [-0.05, 0) is 106 Å². The molecule has 0 spiro atoms. The molecule has 2 aliphatic rings. The van der Waals surface area contributed by atoms with Crippen LogP contribution in [0.1, 0.15) is 98.5 Å². The van der Waals surface area contributed by atoms with Gasteiger partial charge in [-0.1, -0.05) is 24.3 Å². The van der Waals surface area contributed by atoms with E-state index in [1.807, 2.05) is 13.0 Å². The highest BCUT2D eigenvalue weighted by atomic mass is 19.2. The van der Waals surface area contributed by atoms with Crippen molar-refractivity contribution in [1.82, 2.24) is 0 Å². The lowest BCUT2D eigenvalue weighted by molar-refractivity contribution is 0.0188. The maximum Gasteiger partial charge on any atom is 0.341 e. The van der Waals surface area contributed by atoms with Gasteiger partial charge in [-0.25, -0.2) is 18.0 Å². The number of carbonyl (C=O) groups is 1. The van der Waals surface area contributed by atoms with Gasteiger partial charge in [0.1, 0.15) is 6.10 Å². The van der Waals surface area contributed by atoms with Crippen LogP contribution in [0.5, 0.6) is 5.75 Å². The molecule has 7 heteroatoms. The molecule has 4 rings (SSSR count). The lowest BCUT2D eigenvalue weighted by Crippen LogP contribution is -2.25. The summed E-state index contributed by atoms with van der Waals surface area (Å²) >= 11 is 0. The van der Waals surface area contributed by atoms with E-state index in [1.54, 1.807) is 19.1 Å². The van der Waals surface area contributed by atoms with Crippen molar-refractivity contribution in [2.45, 2.75) is 83.2 Å². The first-order valence-electron chi connectivity index (χ1n) is 13.3. The lowest BCUT2D eigenvalue weighted by atomic mass is 9.77. The predicted octanol–water partition coefficient (Wildman–Crippen LogP) is 8.37. The van der Waals surface area contributed by atoms with Crippen LogP contribution >= 0.6 is 0 Å². The Morgan fingerprint density at radius 3 is 1.92 bits per heavy atom. The molecule has 0 aliphatic heterocycles. The topological polar surface area (TPSA) is 35.5 Å². The summed E-state index contributed by atoms with van der Waals surface area (Å²) in [5, 5.41) is 0. The SMILES string of the molecule is C/C=C/C1CCC(c2ccc(C3CCC(OC(=O)c4ccc(OCC)c(F)c4F)CC3)c(F)c2F)CC1. The van der Waals surface area contributed by atoms with E-state index >= 15 is 8.78 Å². The van der Waals surface area contributed by atoms with Crippen LogP contribution in [-0.2, 0) is 4.74 Å². The van der Waals surface area contributed by atoms with E-state index in [9.17, 15) is 13.6 Å². The van der Waals surface area contributed by atoms with Crippen molar-refractivity contribution in [3.63, 3.8) is 0 Å². The summed E-state index contributed by atoms with van der Waals surface area (Å²) < 4.78 is 69.1. The number of halogens is 4. The quantitative estimate of drug-likeness (QED) is 0.210.